The van der Waals surface area contributed by atoms with Crippen molar-refractivity contribution in [2.24, 2.45) is 10.7 Å². The van der Waals surface area contributed by atoms with Crippen molar-refractivity contribution in [3.8, 4) is 0 Å². The van der Waals surface area contributed by atoms with Crippen LogP contribution in [0.1, 0.15) is 0 Å². The maximum Gasteiger partial charge on any atom is 0.159 e. The summed E-state index contributed by atoms with van der Waals surface area (Å²) in [4.78, 5) is 11.9. The van der Waals surface area contributed by atoms with Gasteiger partial charge in [0, 0.05) is 0 Å². The van der Waals surface area contributed by atoms with Gasteiger partial charge >= 0.3 is 0 Å². The molecule has 1 aromatic heterocycles. The van der Waals surface area contributed by atoms with Crippen molar-refractivity contribution < 1.29 is 0 Å². The summed E-state index contributed by atoms with van der Waals surface area (Å²) in [5, 5.41) is 1.15. The molecule has 1 aliphatic heterocycles. The van der Waals surface area contributed by atoms with Gasteiger partial charge in [0.25, 0.3) is 0 Å². The van der Waals surface area contributed by atoms with E-state index < -0.39 is 0 Å². The first-order valence-electron chi connectivity index (χ1n) is 3.23. The third-order valence-electron chi connectivity index (χ3n) is 1.36. The molecule has 0 unspecified atom stereocenters. The van der Waals surface area contributed by atoms with Crippen LogP contribution >= 0.6 is 23.4 Å². The zero-order valence-corrected chi connectivity index (χ0v) is 7.56. The van der Waals surface area contributed by atoms with Gasteiger partial charge in [0.05, 0.1) is 5.75 Å². The molecule has 4 nitrogen and oxygen atoms in total. The standard InChI is InChI=1S/C6H5ClN4S/c7-5-4-6(10-2-9-5)12-1-3(8)11-4/h2H,1H2,(H2,8,11). The van der Waals surface area contributed by atoms with Gasteiger partial charge in [0.15, 0.2) is 5.15 Å². The molecular formula is C6H5ClN4S. The first-order valence-corrected chi connectivity index (χ1v) is 4.60. The van der Waals surface area contributed by atoms with Crippen molar-refractivity contribution in [1.29, 1.82) is 0 Å². The van der Waals surface area contributed by atoms with E-state index in [0.29, 0.717) is 22.4 Å². The van der Waals surface area contributed by atoms with Crippen molar-refractivity contribution in [3.63, 3.8) is 0 Å². The number of rotatable bonds is 0. The molecule has 0 atom stereocenters. The van der Waals surface area contributed by atoms with Gasteiger partial charge in [-0.3, -0.25) is 0 Å². The molecule has 2 N–H and O–H groups in total. The lowest BCUT2D eigenvalue weighted by atomic mass is 10.5. The van der Waals surface area contributed by atoms with E-state index in [2.05, 4.69) is 15.0 Å². The van der Waals surface area contributed by atoms with Crippen molar-refractivity contribution in [3.05, 3.63) is 11.5 Å². The number of fused-ring (bicyclic) bond motifs is 1. The Balaban J connectivity index is 2.59. The van der Waals surface area contributed by atoms with E-state index in [4.69, 9.17) is 17.3 Å². The maximum atomic E-state index is 5.78. The molecule has 1 aromatic rings. The molecule has 0 bridgehead atoms. The third-order valence-corrected chi connectivity index (χ3v) is 2.65. The topological polar surface area (TPSA) is 64.2 Å². The van der Waals surface area contributed by atoms with Crippen LogP contribution < -0.4 is 5.73 Å². The van der Waals surface area contributed by atoms with Gasteiger partial charge < -0.3 is 5.73 Å². The molecule has 0 aromatic carbocycles. The summed E-state index contributed by atoms with van der Waals surface area (Å²) in [7, 11) is 0. The van der Waals surface area contributed by atoms with Crippen molar-refractivity contribution in [1.82, 2.24) is 9.97 Å². The van der Waals surface area contributed by atoms with Crippen LogP contribution in [-0.4, -0.2) is 21.6 Å². The summed E-state index contributed by atoms with van der Waals surface area (Å²) in [6, 6.07) is 0. The van der Waals surface area contributed by atoms with Gasteiger partial charge in [-0.05, 0) is 0 Å². The van der Waals surface area contributed by atoms with E-state index in [1.165, 1.54) is 18.1 Å². The summed E-state index contributed by atoms with van der Waals surface area (Å²) in [6.07, 6.45) is 1.42. The molecule has 6 heteroatoms. The van der Waals surface area contributed by atoms with E-state index >= 15 is 0 Å². The van der Waals surface area contributed by atoms with E-state index in [9.17, 15) is 0 Å². The number of halogens is 1. The monoisotopic (exact) mass is 200 g/mol. The van der Waals surface area contributed by atoms with Crippen LogP contribution in [0.3, 0.4) is 0 Å². The smallest absolute Gasteiger partial charge is 0.159 e. The molecule has 62 valence electrons. The minimum atomic E-state index is 0.357. The van der Waals surface area contributed by atoms with Crippen LogP contribution in [0.25, 0.3) is 0 Å². The molecule has 0 saturated heterocycles. The van der Waals surface area contributed by atoms with Crippen LogP contribution in [0.4, 0.5) is 5.69 Å². The molecule has 2 rings (SSSR count). The normalized spacial score (nSPS) is 15.2. The molecule has 0 aliphatic carbocycles. The Kier molecular flexibility index (Phi) is 1.90. The van der Waals surface area contributed by atoms with Crippen LogP contribution in [0.5, 0.6) is 0 Å². The lowest BCUT2D eigenvalue weighted by molar-refractivity contribution is 1.04. The highest BCUT2D eigenvalue weighted by Gasteiger charge is 2.14. The predicted octanol–water partition coefficient (Wildman–Crippen LogP) is 1.22. The minimum absolute atomic E-state index is 0.357. The quantitative estimate of drug-likeness (QED) is 0.640. The number of aromatic nitrogens is 2. The van der Waals surface area contributed by atoms with Crippen molar-refractivity contribution in [2.75, 3.05) is 5.75 Å². The first kappa shape index (κ1) is 7.82. The molecule has 0 fully saturated rings. The molecule has 12 heavy (non-hydrogen) atoms. The van der Waals surface area contributed by atoms with Crippen molar-refractivity contribution in [2.45, 2.75) is 5.03 Å². The van der Waals surface area contributed by atoms with Crippen LogP contribution in [0.15, 0.2) is 16.3 Å². The number of nitrogens with zero attached hydrogens (tertiary/aromatic N) is 3. The average Bonchev–Trinajstić information content (AvgIpc) is 2.07. The molecule has 0 amide bonds. The third kappa shape index (κ3) is 1.25. The second kappa shape index (κ2) is 2.91. The van der Waals surface area contributed by atoms with Crippen molar-refractivity contribution >= 4 is 34.9 Å². The van der Waals surface area contributed by atoms with Gasteiger partial charge in [-0.2, -0.15) is 0 Å². The largest absolute Gasteiger partial charge is 0.386 e. The Morgan fingerprint density at radius 1 is 1.50 bits per heavy atom. The van der Waals surface area contributed by atoms with Gasteiger partial charge in [0.1, 0.15) is 22.9 Å². The Bertz CT molecular complexity index is 351. The minimum Gasteiger partial charge on any atom is -0.386 e. The zero-order chi connectivity index (χ0) is 8.55. The zero-order valence-electron chi connectivity index (χ0n) is 5.99. The highest BCUT2D eigenvalue weighted by molar-refractivity contribution is 8.00. The Hall–Kier alpha value is -0.810. The highest BCUT2D eigenvalue weighted by atomic mass is 35.5. The SMILES string of the molecule is NC1=Nc2c(Cl)ncnc2SC1. The second-order valence-electron chi connectivity index (χ2n) is 2.21. The average molecular weight is 201 g/mol. The maximum absolute atomic E-state index is 5.78. The summed E-state index contributed by atoms with van der Waals surface area (Å²) in [6.45, 7) is 0. The summed E-state index contributed by atoms with van der Waals surface area (Å²) >= 11 is 7.30. The second-order valence-corrected chi connectivity index (χ2v) is 3.53. The van der Waals surface area contributed by atoms with Crippen LogP contribution in [-0.2, 0) is 0 Å². The molecule has 0 radical (unpaired) electrons. The predicted molar refractivity (Wildman–Crippen MR) is 49.0 cm³/mol. The van der Waals surface area contributed by atoms with E-state index in [-0.39, 0.29) is 0 Å². The number of thioether (sulfide) groups is 1. The lowest BCUT2D eigenvalue weighted by Gasteiger charge is -2.10. The fraction of sp³-hybridized carbons (Fsp3) is 0.167. The van der Waals surface area contributed by atoms with Crippen LogP contribution in [0, 0.1) is 0 Å². The Labute approximate surface area is 78.3 Å². The number of aliphatic imine (C=N–C) groups is 1. The van der Waals surface area contributed by atoms with Crippen LogP contribution in [0.2, 0.25) is 5.15 Å². The lowest BCUT2D eigenvalue weighted by Crippen LogP contribution is -2.16. The first-order chi connectivity index (χ1) is 5.77. The fourth-order valence-corrected chi connectivity index (χ4v) is 1.84. The van der Waals surface area contributed by atoms with E-state index in [0.717, 1.165) is 5.03 Å². The molecule has 0 spiro atoms. The number of amidine groups is 1. The Morgan fingerprint density at radius 3 is 3.17 bits per heavy atom. The Morgan fingerprint density at radius 2 is 2.33 bits per heavy atom. The molecule has 2 heterocycles. The number of hydrogen-bond acceptors (Lipinski definition) is 5. The molecule has 0 saturated carbocycles. The number of nitrogens with two attached hydrogens (primary N) is 1. The summed E-state index contributed by atoms with van der Waals surface area (Å²) < 4.78 is 0. The van der Waals surface area contributed by atoms with Gasteiger partial charge in [-0.1, -0.05) is 23.4 Å². The van der Waals surface area contributed by atoms with Gasteiger partial charge in [0.2, 0.25) is 0 Å². The van der Waals surface area contributed by atoms with Gasteiger partial charge in [-0.15, -0.1) is 0 Å². The summed E-state index contributed by atoms with van der Waals surface area (Å²) in [5.41, 5.74) is 6.12. The molecular weight excluding hydrogens is 196 g/mol. The number of hydrogen-bond donors (Lipinski definition) is 1. The summed E-state index contributed by atoms with van der Waals surface area (Å²) in [5.74, 6) is 1.23. The van der Waals surface area contributed by atoms with E-state index in [1.54, 1.807) is 0 Å². The fourth-order valence-electron chi connectivity index (χ4n) is 0.860. The molecule has 1 aliphatic rings. The van der Waals surface area contributed by atoms with Gasteiger partial charge in [-0.25, -0.2) is 15.0 Å². The van der Waals surface area contributed by atoms with E-state index in [1.807, 2.05) is 0 Å². The highest BCUT2D eigenvalue weighted by Crippen LogP contribution is 2.35.